The highest BCUT2D eigenvalue weighted by atomic mass is 16.5. The molecule has 33 heavy (non-hydrogen) atoms. The minimum absolute atomic E-state index is 0.0154. The van der Waals surface area contributed by atoms with Crippen LogP contribution in [0.3, 0.4) is 0 Å². The van der Waals surface area contributed by atoms with Crippen molar-refractivity contribution in [2.75, 3.05) is 37.1 Å². The first kappa shape index (κ1) is 22.6. The second-order valence-electron chi connectivity index (χ2n) is 8.24. The van der Waals surface area contributed by atoms with Gasteiger partial charge >= 0.3 is 5.97 Å². The summed E-state index contributed by atoms with van der Waals surface area (Å²) >= 11 is 0. The van der Waals surface area contributed by atoms with E-state index in [9.17, 15) is 14.4 Å². The number of nitrogens with zero attached hydrogens (tertiary/aromatic N) is 2. The lowest BCUT2D eigenvalue weighted by molar-refractivity contribution is -0.157. The Hall–Kier alpha value is -3.55. The van der Waals surface area contributed by atoms with Crippen LogP contribution in [0.25, 0.3) is 0 Å². The van der Waals surface area contributed by atoms with Crippen LogP contribution in [0.1, 0.15) is 25.3 Å². The van der Waals surface area contributed by atoms with Gasteiger partial charge in [-0.3, -0.25) is 14.4 Å². The number of rotatable bonds is 6. The van der Waals surface area contributed by atoms with Crippen LogP contribution in [-0.2, 0) is 25.5 Å². The second kappa shape index (κ2) is 9.52. The molecule has 2 atom stereocenters. The van der Waals surface area contributed by atoms with Crippen LogP contribution < -0.4 is 19.3 Å². The first-order chi connectivity index (χ1) is 15.9. The van der Waals surface area contributed by atoms with Gasteiger partial charge in [0.25, 0.3) is 5.91 Å². The molecule has 2 aliphatic heterocycles. The Bertz CT molecular complexity index is 1070. The number of fused-ring (bicyclic) bond motifs is 1. The summed E-state index contributed by atoms with van der Waals surface area (Å²) in [7, 11) is 3.06. The maximum absolute atomic E-state index is 13.0. The number of methoxy groups -OCH3 is 2. The Balaban J connectivity index is 1.42. The highest BCUT2D eigenvalue weighted by Crippen LogP contribution is 2.36. The van der Waals surface area contributed by atoms with Gasteiger partial charge in [-0.1, -0.05) is 18.2 Å². The van der Waals surface area contributed by atoms with E-state index in [1.807, 2.05) is 24.3 Å². The Labute approximate surface area is 193 Å². The highest BCUT2D eigenvalue weighted by molar-refractivity contribution is 6.02. The summed E-state index contributed by atoms with van der Waals surface area (Å²) in [5, 5.41) is 0. The molecule has 0 aromatic heterocycles. The normalized spacial score (nSPS) is 18.5. The van der Waals surface area contributed by atoms with Crippen molar-refractivity contribution in [3.05, 3.63) is 48.0 Å². The smallest absolute Gasteiger partial charge is 0.312 e. The lowest BCUT2D eigenvalue weighted by Crippen LogP contribution is -2.43. The van der Waals surface area contributed by atoms with E-state index < -0.39 is 18.0 Å². The fourth-order valence-electron chi connectivity index (χ4n) is 4.41. The first-order valence-corrected chi connectivity index (χ1v) is 11.0. The minimum atomic E-state index is -0.941. The second-order valence-corrected chi connectivity index (χ2v) is 8.24. The zero-order valence-corrected chi connectivity index (χ0v) is 19.1. The number of carbonyl (C=O) groups excluding carboxylic acids is 3. The van der Waals surface area contributed by atoms with Gasteiger partial charge in [-0.2, -0.15) is 0 Å². The number of carbonyl (C=O) groups is 3. The van der Waals surface area contributed by atoms with E-state index in [4.69, 9.17) is 14.2 Å². The van der Waals surface area contributed by atoms with Gasteiger partial charge in [0.1, 0.15) is 11.5 Å². The first-order valence-electron chi connectivity index (χ1n) is 11.0. The van der Waals surface area contributed by atoms with Crippen LogP contribution >= 0.6 is 0 Å². The number of aryl methyl sites for hydroxylation is 1. The zero-order chi connectivity index (χ0) is 23.5. The van der Waals surface area contributed by atoms with Gasteiger partial charge in [-0.15, -0.1) is 0 Å². The number of amides is 2. The molecule has 174 valence electrons. The summed E-state index contributed by atoms with van der Waals surface area (Å²) in [5.74, 6) is -0.593. The number of hydrogen-bond donors (Lipinski definition) is 0. The average molecular weight is 453 g/mol. The van der Waals surface area contributed by atoms with E-state index in [2.05, 4.69) is 0 Å². The predicted molar refractivity (Wildman–Crippen MR) is 123 cm³/mol. The van der Waals surface area contributed by atoms with E-state index in [1.165, 1.54) is 12.0 Å². The molecule has 0 unspecified atom stereocenters. The third kappa shape index (κ3) is 4.51. The fraction of sp³-hybridized carbons (Fsp3) is 0.400. The van der Waals surface area contributed by atoms with Gasteiger partial charge in [-0.25, -0.2) is 0 Å². The Kier molecular flexibility index (Phi) is 6.53. The zero-order valence-electron chi connectivity index (χ0n) is 19.1. The van der Waals surface area contributed by atoms with Crippen molar-refractivity contribution in [2.45, 2.75) is 32.3 Å². The molecule has 8 heteroatoms. The van der Waals surface area contributed by atoms with E-state index in [0.29, 0.717) is 23.7 Å². The van der Waals surface area contributed by atoms with E-state index in [0.717, 1.165) is 24.1 Å². The van der Waals surface area contributed by atoms with Gasteiger partial charge in [0.2, 0.25) is 5.91 Å². The number of benzene rings is 2. The molecular formula is C25H28N2O6. The summed E-state index contributed by atoms with van der Waals surface area (Å²) < 4.78 is 16.1. The standard InChI is InChI=1S/C25H28N2O6/c1-16(24(29)26-12-6-8-17-7-4-5-9-20(17)26)33-25(30)18-13-23(28)27(15-18)21-11-10-19(31-2)14-22(21)32-3/h4-5,7,9-11,14,16,18H,6,8,12-13,15H2,1-3H3/t16-,18-/m0/s1. The van der Waals surface area contributed by atoms with Crippen LogP contribution in [0.15, 0.2) is 42.5 Å². The number of esters is 1. The monoisotopic (exact) mass is 452 g/mol. The van der Waals surface area contributed by atoms with Gasteiger partial charge < -0.3 is 24.0 Å². The molecule has 2 aliphatic rings. The van der Waals surface area contributed by atoms with Crippen LogP contribution in [0.2, 0.25) is 0 Å². The molecule has 0 saturated carbocycles. The maximum atomic E-state index is 13.0. The van der Waals surface area contributed by atoms with Crippen LogP contribution in [0.5, 0.6) is 11.5 Å². The number of para-hydroxylation sites is 1. The molecule has 0 aliphatic carbocycles. The lowest BCUT2D eigenvalue weighted by atomic mass is 10.0. The van der Waals surface area contributed by atoms with E-state index >= 15 is 0 Å². The van der Waals surface area contributed by atoms with Crippen LogP contribution in [-0.4, -0.2) is 51.2 Å². The van der Waals surface area contributed by atoms with Crippen molar-refractivity contribution in [1.82, 2.24) is 0 Å². The summed E-state index contributed by atoms with van der Waals surface area (Å²) in [6.45, 7) is 2.33. The molecule has 2 aromatic rings. The molecule has 2 aromatic carbocycles. The molecule has 0 bridgehead atoms. The topological polar surface area (TPSA) is 85.4 Å². The van der Waals surface area contributed by atoms with Crippen molar-refractivity contribution in [2.24, 2.45) is 5.92 Å². The van der Waals surface area contributed by atoms with Crippen molar-refractivity contribution in [3.63, 3.8) is 0 Å². The molecule has 1 saturated heterocycles. The third-order valence-corrected chi connectivity index (χ3v) is 6.15. The molecule has 2 heterocycles. The summed E-state index contributed by atoms with van der Waals surface area (Å²) in [6.07, 6.45) is 0.854. The Morgan fingerprint density at radius 2 is 1.85 bits per heavy atom. The SMILES string of the molecule is COc1ccc(N2C[C@@H](C(=O)O[C@@H](C)C(=O)N3CCCc4ccccc43)CC2=O)c(OC)c1. The quantitative estimate of drug-likeness (QED) is 0.627. The van der Waals surface area contributed by atoms with Crippen molar-refractivity contribution < 1.29 is 28.6 Å². The molecule has 2 amide bonds. The van der Waals surface area contributed by atoms with Crippen molar-refractivity contribution in [3.8, 4) is 11.5 Å². The molecule has 4 rings (SSSR count). The van der Waals surface area contributed by atoms with Crippen molar-refractivity contribution >= 4 is 29.2 Å². The Morgan fingerprint density at radius 3 is 2.61 bits per heavy atom. The Morgan fingerprint density at radius 1 is 1.06 bits per heavy atom. The highest BCUT2D eigenvalue weighted by Gasteiger charge is 2.39. The predicted octanol–water partition coefficient (Wildman–Crippen LogP) is 2.97. The van der Waals surface area contributed by atoms with Crippen molar-refractivity contribution in [1.29, 1.82) is 0 Å². The average Bonchev–Trinajstić information content (AvgIpc) is 3.24. The van der Waals surface area contributed by atoms with Gasteiger partial charge in [0, 0.05) is 31.3 Å². The van der Waals surface area contributed by atoms with Crippen LogP contribution in [0.4, 0.5) is 11.4 Å². The molecule has 1 fully saturated rings. The van der Waals surface area contributed by atoms with Gasteiger partial charge in [0.15, 0.2) is 6.10 Å². The van der Waals surface area contributed by atoms with Gasteiger partial charge in [0.05, 0.1) is 25.8 Å². The molecule has 0 spiro atoms. The fourth-order valence-corrected chi connectivity index (χ4v) is 4.41. The summed E-state index contributed by atoms with van der Waals surface area (Å²) in [5.41, 5.74) is 2.54. The van der Waals surface area contributed by atoms with Gasteiger partial charge in [-0.05, 0) is 43.5 Å². The van der Waals surface area contributed by atoms with E-state index in [1.54, 1.807) is 37.1 Å². The number of ether oxygens (including phenoxy) is 3. The lowest BCUT2D eigenvalue weighted by Gasteiger charge is -2.31. The number of hydrogen-bond acceptors (Lipinski definition) is 6. The summed E-state index contributed by atoms with van der Waals surface area (Å²) in [6, 6.07) is 12.9. The molecular weight excluding hydrogens is 424 g/mol. The number of anilines is 2. The maximum Gasteiger partial charge on any atom is 0.312 e. The molecule has 0 N–H and O–H groups in total. The van der Waals surface area contributed by atoms with Crippen LogP contribution in [0, 0.1) is 5.92 Å². The molecule has 8 nitrogen and oxygen atoms in total. The van der Waals surface area contributed by atoms with E-state index in [-0.39, 0.29) is 24.8 Å². The molecule has 0 radical (unpaired) electrons. The largest absolute Gasteiger partial charge is 0.497 e. The third-order valence-electron chi connectivity index (χ3n) is 6.15. The minimum Gasteiger partial charge on any atom is -0.497 e. The summed E-state index contributed by atoms with van der Waals surface area (Å²) in [4.78, 5) is 41.8.